The van der Waals surface area contributed by atoms with Gasteiger partial charge in [-0.25, -0.2) is 0 Å². The molecule has 78 valence electrons. The molecule has 1 rings (SSSR count). The maximum atomic E-state index is 11.0. The molecule has 0 aliphatic carbocycles. The van der Waals surface area contributed by atoms with Crippen molar-refractivity contribution < 1.29 is 4.79 Å². The lowest BCUT2D eigenvalue weighted by Crippen LogP contribution is -1.96. The second kappa shape index (κ2) is 5.80. The van der Waals surface area contributed by atoms with Crippen molar-refractivity contribution in [1.82, 2.24) is 14.8 Å². The molecule has 14 heavy (non-hydrogen) atoms. The van der Waals surface area contributed by atoms with E-state index in [-0.39, 0.29) is 0 Å². The van der Waals surface area contributed by atoms with Crippen molar-refractivity contribution in [2.24, 2.45) is 7.05 Å². The molecule has 0 unspecified atom stereocenters. The van der Waals surface area contributed by atoms with Gasteiger partial charge in [0.1, 0.15) is 12.1 Å². The SMILES string of the molecule is CCC(=O)CCCSc1nncn1C. The maximum Gasteiger partial charge on any atom is 0.190 e. The molecule has 1 heterocycles. The molecule has 1 aromatic heterocycles. The van der Waals surface area contributed by atoms with Gasteiger partial charge in [-0.3, -0.25) is 4.79 Å². The molecule has 0 bridgehead atoms. The number of hydrogen-bond acceptors (Lipinski definition) is 4. The van der Waals surface area contributed by atoms with E-state index in [0.29, 0.717) is 18.6 Å². The molecule has 4 nitrogen and oxygen atoms in total. The molecule has 0 spiro atoms. The third-order valence-electron chi connectivity index (χ3n) is 1.90. The zero-order valence-corrected chi connectivity index (χ0v) is 9.38. The number of ketones is 1. The summed E-state index contributed by atoms with van der Waals surface area (Å²) in [4.78, 5) is 11.0. The van der Waals surface area contributed by atoms with Crippen molar-refractivity contribution in [1.29, 1.82) is 0 Å². The minimum Gasteiger partial charge on any atom is -0.312 e. The van der Waals surface area contributed by atoms with Gasteiger partial charge in [-0.15, -0.1) is 10.2 Å². The molecule has 0 N–H and O–H groups in total. The van der Waals surface area contributed by atoms with Gasteiger partial charge in [-0.05, 0) is 6.42 Å². The Bertz CT molecular complexity index is 298. The molecule has 1 aromatic rings. The summed E-state index contributed by atoms with van der Waals surface area (Å²) in [6, 6.07) is 0. The van der Waals surface area contributed by atoms with Crippen LogP contribution in [0.3, 0.4) is 0 Å². The van der Waals surface area contributed by atoms with Gasteiger partial charge < -0.3 is 4.57 Å². The highest BCUT2D eigenvalue weighted by molar-refractivity contribution is 7.99. The van der Waals surface area contributed by atoms with Gasteiger partial charge in [0, 0.05) is 25.6 Å². The molecular formula is C9H15N3OS. The number of aryl methyl sites for hydroxylation is 1. The van der Waals surface area contributed by atoms with Gasteiger partial charge in [0.25, 0.3) is 0 Å². The minimum atomic E-state index is 0.337. The Hall–Kier alpha value is -0.840. The molecule has 0 aromatic carbocycles. The lowest BCUT2D eigenvalue weighted by Gasteiger charge is -1.99. The van der Waals surface area contributed by atoms with E-state index in [1.165, 1.54) is 0 Å². The van der Waals surface area contributed by atoms with Crippen LogP contribution >= 0.6 is 11.8 Å². The highest BCUT2D eigenvalue weighted by Gasteiger charge is 2.02. The van der Waals surface area contributed by atoms with Crippen molar-refractivity contribution >= 4 is 17.5 Å². The van der Waals surface area contributed by atoms with E-state index in [0.717, 1.165) is 17.3 Å². The molecule has 0 amide bonds. The number of hydrogen-bond donors (Lipinski definition) is 0. The van der Waals surface area contributed by atoms with Crippen molar-refractivity contribution in [2.75, 3.05) is 5.75 Å². The third kappa shape index (κ3) is 3.49. The van der Waals surface area contributed by atoms with E-state index in [9.17, 15) is 4.79 Å². The van der Waals surface area contributed by atoms with Gasteiger partial charge in [0.05, 0.1) is 0 Å². The zero-order chi connectivity index (χ0) is 10.4. The number of thioether (sulfide) groups is 1. The van der Waals surface area contributed by atoms with Crippen LogP contribution in [-0.2, 0) is 11.8 Å². The summed E-state index contributed by atoms with van der Waals surface area (Å²) < 4.78 is 1.88. The van der Waals surface area contributed by atoms with E-state index >= 15 is 0 Å². The van der Waals surface area contributed by atoms with Gasteiger partial charge in [-0.2, -0.15) is 0 Å². The number of rotatable bonds is 6. The highest BCUT2D eigenvalue weighted by Crippen LogP contribution is 2.15. The molecule has 0 radical (unpaired) electrons. The number of Topliss-reactive ketones (excluding diaryl/α,β-unsaturated/α-hetero) is 1. The van der Waals surface area contributed by atoms with Crippen molar-refractivity contribution in [3.63, 3.8) is 0 Å². The fourth-order valence-corrected chi connectivity index (χ4v) is 1.84. The molecular weight excluding hydrogens is 198 g/mol. The standard InChI is InChI=1S/C9H15N3OS/c1-3-8(13)5-4-6-14-9-11-10-7-12(9)2/h7H,3-6H2,1-2H3. The van der Waals surface area contributed by atoms with Crippen LogP contribution in [-0.4, -0.2) is 26.3 Å². The summed E-state index contributed by atoms with van der Waals surface area (Å²) in [6.45, 7) is 1.90. The van der Waals surface area contributed by atoms with Gasteiger partial charge >= 0.3 is 0 Å². The van der Waals surface area contributed by atoms with Crippen LogP contribution in [0.1, 0.15) is 26.2 Å². The number of carbonyl (C=O) groups is 1. The average molecular weight is 213 g/mol. The fraction of sp³-hybridized carbons (Fsp3) is 0.667. The predicted molar refractivity (Wildman–Crippen MR) is 56.3 cm³/mol. The van der Waals surface area contributed by atoms with Crippen LogP contribution in [0.5, 0.6) is 0 Å². The summed E-state index contributed by atoms with van der Waals surface area (Å²) in [6.07, 6.45) is 3.93. The molecule has 0 fully saturated rings. The van der Waals surface area contributed by atoms with Crippen LogP contribution in [0.15, 0.2) is 11.5 Å². The summed E-state index contributed by atoms with van der Waals surface area (Å²) in [5, 5.41) is 8.63. The summed E-state index contributed by atoms with van der Waals surface area (Å²) >= 11 is 1.64. The normalized spacial score (nSPS) is 10.4. The highest BCUT2D eigenvalue weighted by atomic mass is 32.2. The summed E-state index contributed by atoms with van der Waals surface area (Å²) in [7, 11) is 1.92. The number of carbonyl (C=O) groups excluding carboxylic acids is 1. The van der Waals surface area contributed by atoms with Crippen LogP contribution in [0.4, 0.5) is 0 Å². The molecule has 0 saturated heterocycles. The first-order valence-corrected chi connectivity index (χ1v) is 5.71. The molecule has 5 heteroatoms. The summed E-state index contributed by atoms with van der Waals surface area (Å²) in [5.74, 6) is 1.27. The quantitative estimate of drug-likeness (QED) is 0.532. The Balaban J connectivity index is 2.16. The van der Waals surface area contributed by atoms with Crippen molar-refractivity contribution in [3.05, 3.63) is 6.33 Å². The molecule has 0 aliphatic rings. The predicted octanol–water partition coefficient (Wildman–Crippen LogP) is 1.67. The van der Waals surface area contributed by atoms with Gasteiger partial charge in [0.15, 0.2) is 5.16 Å². The largest absolute Gasteiger partial charge is 0.312 e. The molecule has 0 aliphatic heterocycles. The first kappa shape index (κ1) is 11.2. The minimum absolute atomic E-state index is 0.337. The Morgan fingerprint density at radius 2 is 2.43 bits per heavy atom. The molecule has 0 saturated carbocycles. The lowest BCUT2D eigenvalue weighted by atomic mass is 10.2. The van der Waals surface area contributed by atoms with E-state index in [1.807, 2.05) is 18.5 Å². The van der Waals surface area contributed by atoms with Crippen LogP contribution in [0.25, 0.3) is 0 Å². The van der Waals surface area contributed by atoms with E-state index in [4.69, 9.17) is 0 Å². The second-order valence-corrected chi connectivity index (χ2v) is 4.13. The van der Waals surface area contributed by atoms with E-state index in [1.54, 1.807) is 18.1 Å². The smallest absolute Gasteiger partial charge is 0.190 e. The molecule has 0 atom stereocenters. The maximum absolute atomic E-state index is 11.0. The second-order valence-electron chi connectivity index (χ2n) is 3.07. The average Bonchev–Trinajstić information content (AvgIpc) is 2.58. The Kier molecular flexibility index (Phi) is 4.65. The van der Waals surface area contributed by atoms with Crippen molar-refractivity contribution in [2.45, 2.75) is 31.3 Å². The van der Waals surface area contributed by atoms with Crippen LogP contribution < -0.4 is 0 Å². The van der Waals surface area contributed by atoms with E-state index in [2.05, 4.69) is 10.2 Å². The first-order chi connectivity index (χ1) is 6.74. The fourth-order valence-electron chi connectivity index (χ4n) is 1.01. The Morgan fingerprint density at radius 1 is 1.64 bits per heavy atom. The Morgan fingerprint density at radius 3 is 3.00 bits per heavy atom. The third-order valence-corrected chi connectivity index (χ3v) is 3.02. The van der Waals surface area contributed by atoms with Gasteiger partial charge in [0.2, 0.25) is 0 Å². The summed E-state index contributed by atoms with van der Waals surface area (Å²) in [5.41, 5.74) is 0. The zero-order valence-electron chi connectivity index (χ0n) is 8.56. The number of nitrogens with zero attached hydrogens (tertiary/aromatic N) is 3. The topological polar surface area (TPSA) is 47.8 Å². The first-order valence-electron chi connectivity index (χ1n) is 4.72. The Labute approximate surface area is 88.1 Å². The number of aromatic nitrogens is 3. The lowest BCUT2D eigenvalue weighted by molar-refractivity contribution is -0.118. The van der Waals surface area contributed by atoms with E-state index < -0.39 is 0 Å². The van der Waals surface area contributed by atoms with Crippen LogP contribution in [0.2, 0.25) is 0 Å². The van der Waals surface area contributed by atoms with Crippen molar-refractivity contribution in [3.8, 4) is 0 Å². The monoisotopic (exact) mass is 213 g/mol. The van der Waals surface area contributed by atoms with Gasteiger partial charge in [-0.1, -0.05) is 18.7 Å². The van der Waals surface area contributed by atoms with Crippen LogP contribution in [0, 0.1) is 0 Å².